The van der Waals surface area contributed by atoms with E-state index in [1.165, 1.54) is 0 Å². The van der Waals surface area contributed by atoms with E-state index in [0.29, 0.717) is 11.5 Å². The van der Waals surface area contributed by atoms with Gasteiger partial charge in [0.05, 0.1) is 25.4 Å². The van der Waals surface area contributed by atoms with Crippen molar-refractivity contribution in [2.24, 2.45) is 0 Å². The normalized spacial score (nSPS) is 12.6. The van der Waals surface area contributed by atoms with Crippen LogP contribution in [0.25, 0.3) is 0 Å². The Morgan fingerprint density at radius 1 is 1.12 bits per heavy atom. The number of hydrogen-bond donors (Lipinski definition) is 5. The fraction of sp³-hybridized carbons (Fsp3) is 0.800. The summed E-state index contributed by atoms with van der Waals surface area (Å²) in [7, 11) is 0. The van der Waals surface area contributed by atoms with E-state index in [-0.39, 0.29) is 13.2 Å². The van der Waals surface area contributed by atoms with E-state index in [0.717, 1.165) is 5.75 Å². The third-order valence-corrected chi connectivity index (χ3v) is 2.60. The van der Waals surface area contributed by atoms with Crippen molar-refractivity contribution >= 4 is 24.4 Å². The number of thioether (sulfide) groups is 1. The Bertz CT molecular complexity index is 113. The minimum absolute atomic E-state index is 0.118. The summed E-state index contributed by atoms with van der Waals surface area (Å²) >= 11 is 5.32. The highest BCUT2D eigenvalue weighted by Crippen LogP contribution is 2.00. The molecule has 0 aromatic rings. The Morgan fingerprint density at radius 3 is 1.75 bits per heavy atom. The first-order chi connectivity index (χ1) is 7.62. The number of aliphatic hydroxyl groups excluding tert-OH is 4. The standard InChI is InChI=1S/C5H12O2S.C3H8O2S.C2H4/c1-2-8-4-5(7)3-6;4-1-3(5)2-6;1-2/h5-7H,2-4H2,1H3;3-6H,1-2H2;1-2H2. The molecule has 4 nitrogen and oxygen atoms in total. The van der Waals surface area contributed by atoms with Crippen LogP contribution in [0.4, 0.5) is 0 Å². The van der Waals surface area contributed by atoms with Gasteiger partial charge < -0.3 is 20.4 Å². The van der Waals surface area contributed by atoms with Gasteiger partial charge in [-0.05, 0) is 5.75 Å². The van der Waals surface area contributed by atoms with Crippen LogP contribution in [0.5, 0.6) is 0 Å². The van der Waals surface area contributed by atoms with E-state index in [1.54, 1.807) is 11.8 Å². The molecule has 0 radical (unpaired) electrons. The molecule has 0 aliphatic carbocycles. The summed E-state index contributed by atoms with van der Waals surface area (Å²) in [5.41, 5.74) is 0. The third-order valence-electron chi connectivity index (χ3n) is 1.15. The van der Waals surface area contributed by atoms with Crippen molar-refractivity contribution in [3.05, 3.63) is 13.2 Å². The average molecular weight is 272 g/mol. The number of thiol groups is 1. The van der Waals surface area contributed by atoms with Crippen LogP contribution < -0.4 is 0 Å². The van der Waals surface area contributed by atoms with Crippen molar-refractivity contribution < 1.29 is 20.4 Å². The predicted octanol–water partition coefficient (Wildman–Crippen LogP) is 0.164. The van der Waals surface area contributed by atoms with Crippen LogP contribution in [-0.4, -0.2) is 63.1 Å². The van der Waals surface area contributed by atoms with Crippen molar-refractivity contribution in [1.82, 2.24) is 0 Å². The first-order valence-electron chi connectivity index (χ1n) is 4.88. The van der Waals surface area contributed by atoms with Gasteiger partial charge in [0, 0.05) is 11.5 Å². The zero-order valence-electron chi connectivity index (χ0n) is 9.75. The summed E-state index contributed by atoms with van der Waals surface area (Å²) < 4.78 is 0. The van der Waals surface area contributed by atoms with Crippen molar-refractivity contribution in [2.75, 3.05) is 30.5 Å². The Kier molecular flexibility index (Phi) is 27.8. The zero-order valence-corrected chi connectivity index (χ0v) is 11.5. The summed E-state index contributed by atoms with van der Waals surface area (Å²) in [6, 6.07) is 0. The van der Waals surface area contributed by atoms with Gasteiger partial charge in [-0.2, -0.15) is 24.4 Å². The molecule has 2 atom stereocenters. The van der Waals surface area contributed by atoms with Crippen molar-refractivity contribution in [2.45, 2.75) is 19.1 Å². The molecule has 0 saturated heterocycles. The van der Waals surface area contributed by atoms with Crippen molar-refractivity contribution in [3.63, 3.8) is 0 Å². The Hall–Kier alpha value is 0.280. The second-order valence-corrected chi connectivity index (χ2v) is 4.20. The second-order valence-electron chi connectivity index (χ2n) is 2.51. The van der Waals surface area contributed by atoms with Crippen LogP contribution in [0, 0.1) is 0 Å². The second kappa shape index (κ2) is 20.7. The highest BCUT2D eigenvalue weighted by molar-refractivity contribution is 7.99. The molecule has 100 valence electrons. The van der Waals surface area contributed by atoms with Gasteiger partial charge in [0.2, 0.25) is 0 Å². The fourth-order valence-electron chi connectivity index (χ4n) is 0.364. The van der Waals surface area contributed by atoms with Crippen molar-refractivity contribution in [3.8, 4) is 0 Å². The first kappa shape index (κ1) is 21.6. The van der Waals surface area contributed by atoms with Crippen LogP contribution >= 0.6 is 24.4 Å². The van der Waals surface area contributed by atoms with E-state index in [1.807, 2.05) is 6.92 Å². The van der Waals surface area contributed by atoms with Crippen LogP contribution in [0.3, 0.4) is 0 Å². The molecule has 0 aliphatic heterocycles. The quantitative estimate of drug-likeness (QED) is 0.352. The molecular weight excluding hydrogens is 248 g/mol. The highest BCUT2D eigenvalue weighted by Gasteiger charge is 1.98. The molecular formula is C10H24O4S2. The number of aliphatic hydroxyl groups is 4. The van der Waals surface area contributed by atoms with Gasteiger partial charge in [0.1, 0.15) is 0 Å². The molecule has 0 saturated carbocycles. The average Bonchev–Trinajstić information content (AvgIpc) is 2.37. The molecule has 0 rings (SSSR count). The third kappa shape index (κ3) is 23.8. The molecule has 0 aromatic heterocycles. The Labute approximate surface area is 108 Å². The lowest BCUT2D eigenvalue weighted by Crippen LogP contribution is -2.14. The van der Waals surface area contributed by atoms with Crippen molar-refractivity contribution in [1.29, 1.82) is 0 Å². The molecule has 0 aliphatic rings. The van der Waals surface area contributed by atoms with Crippen LogP contribution in [0.1, 0.15) is 6.92 Å². The van der Waals surface area contributed by atoms with Gasteiger partial charge in [-0.15, -0.1) is 13.2 Å². The lowest BCUT2D eigenvalue weighted by Gasteiger charge is -2.02. The number of rotatable bonds is 6. The van der Waals surface area contributed by atoms with Gasteiger partial charge in [-0.25, -0.2) is 0 Å². The van der Waals surface area contributed by atoms with E-state index < -0.39 is 12.2 Å². The molecule has 0 heterocycles. The molecule has 0 aromatic carbocycles. The van der Waals surface area contributed by atoms with Gasteiger partial charge in [-0.3, -0.25) is 0 Å². The van der Waals surface area contributed by atoms with Gasteiger partial charge >= 0.3 is 0 Å². The molecule has 6 heteroatoms. The lowest BCUT2D eigenvalue weighted by atomic mass is 10.4. The fourth-order valence-corrected chi connectivity index (χ4v) is 1.09. The van der Waals surface area contributed by atoms with E-state index >= 15 is 0 Å². The summed E-state index contributed by atoms with van der Waals surface area (Å²) in [5.74, 6) is 1.97. The highest BCUT2D eigenvalue weighted by atomic mass is 32.2. The maximum atomic E-state index is 8.72. The maximum absolute atomic E-state index is 8.72. The van der Waals surface area contributed by atoms with E-state index in [4.69, 9.17) is 20.4 Å². The molecule has 0 spiro atoms. The molecule has 4 N–H and O–H groups in total. The molecule has 0 amide bonds. The van der Waals surface area contributed by atoms with E-state index in [2.05, 4.69) is 25.8 Å². The minimum atomic E-state index is -0.645. The molecule has 0 bridgehead atoms. The SMILES string of the molecule is C=C.CCSCC(O)CO.OCC(O)CS. The predicted molar refractivity (Wildman–Crippen MR) is 74.3 cm³/mol. The van der Waals surface area contributed by atoms with Gasteiger partial charge in [-0.1, -0.05) is 6.92 Å². The Morgan fingerprint density at radius 2 is 1.56 bits per heavy atom. The summed E-state index contributed by atoms with van der Waals surface area (Å²) in [6.45, 7) is 7.71. The van der Waals surface area contributed by atoms with Gasteiger partial charge in [0.15, 0.2) is 0 Å². The minimum Gasteiger partial charge on any atom is -0.394 e. The molecule has 0 fully saturated rings. The summed E-state index contributed by atoms with van der Waals surface area (Å²) in [6.07, 6.45) is -1.17. The smallest absolute Gasteiger partial charge is 0.0861 e. The topological polar surface area (TPSA) is 80.9 Å². The first-order valence-corrected chi connectivity index (χ1v) is 6.67. The molecule has 2 unspecified atom stereocenters. The van der Waals surface area contributed by atoms with Crippen LogP contribution in [0.2, 0.25) is 0 Å². The van der Waals surface area contributed by atoms with Crippen LogP contribution in [0.15, 0.2) is 13.2 Å². The van der Waals surface area contributed by atoms with E-state index in [9.17, 15) is 0 Å². The Balaban J connectivity index is -0.000000188. The monoisotopic (exact) mass is 272 g/mol. The van der Waals surface area contributed by atoms with Crippen LogP contribution in [-0.2, 0) is 0 Å². The summed E-state index contributed by atoms with van der Waals surface area (Å²) in [4.78, 5) is 0. The zero-order chi connectivity index (χ0) is 13.4. The number of hydrogen-bond acceptors (Lipinski definition) is 6. The van der Waals surface area contributed by atoms with Gasteiger partial charge in [0.25, 0.3) is 0 Å². The molecule has 16 heavy (non-hydrogen) atoms. The summed E-state index contributed by atoms with van der Waals surface area (Å²) in [5, 5.41) is 33.4. The maximum Gasteiger partial charge on any atom is 0.0861 e. The lowest BCUT2D eigenvalue weighted by molar-refractivity contribution is 0.113. The largest absolute Gasteiger partial charge is 0.394 e.